The number of aromatic nitrogens is 1. The average molecular weight is 330 g/mol. The topological polar surface area (TPSA) is 24.9 Å². The smallest absolute Gasteiger partial charge is 0.137 e. The molecule has 1 aromatic carbocycles. The summed E-state index contributed by atoms with van der Waals surface area (Å²) in [5.41, 5.74) is 2.74. The van der Waals surface area contributed by atoms with Crippen LogP contribution in [0.25, 0.3) is 0 Å². The highest BCUT2D eigenvalue weighted by Gasteiger charge is 2.03. The Kier molecular flexibility index (Phi) is 4.19. The van der Waals surface area contributed by atoms with Gasteiger partial charge in [0.25, 0.3) is 0 Å². The van der Waals surface area contributed by atoms with Gasteiger partial charge in [-0.1, -0.05) is 17.7 Å². The Morgan fingerprint density at radius 1 is 1.33 bits per heavy atom. The van der Waals surface area contributed by atoms with E-state index >= 15 is 0 Å². The van der Waals surface area contributed by atoms with Crippen molar-refractivity contribution in [2.24, 2.45) is 0 Å². The molecule has 0 saturated heterocycles. The summed E-state index contributed by atoms with van der Waals surface area (Å²) in [6.45, 7) is 2.48. The summed E-state index contributed by atoms with van der Waals surface area (Å²) in [7, 11) is 0. The van der Waals surface area contributed by atoms with Gasteiger partial charge in [-0.3, -0.25) is 0 Å². The molecule has 0 aliphatic carbocycles. The Labute approximate surface area is 118 Å². The maximum absolute atomic E-state index is 13.1. The van der Waals surface area contributed by atoms with E-state index in [1.807, 2.05) is 13.0 Å². The maximum atomic E-state index is 13.1. The molecule has 0 radical (unpaired) electrons. The molecule has 0 amide bonds. The van der Waals surface area contributed by atoms with E-state index in [9.17, 15) is 4.39 Å². The van der Waals surface area contributed by atoms with Crippen molar-refractivity contribution in [1.82, 2.24) is 4.98 Å². The van der Waals surface area contributed by atoms with Gasteiger partial charge in [-0.15, -0.1) is 0 Å². The van der Waals surface area contributed by atoms with Crippen LogP contribution in [0.4, 0.5) is 10.1 Å². The summed E-state index contributed by atoms with van der Waals surface area (Å²) in [5.74, 6) is -0.261. The minimum Gasteiger partial charge on any atom is -0.379 e. The van der Waals surface area contributed by atoms with Crippen molar-refractivity contribution < 1.29 is 4.39 Å². The molecule has 0 fully saturated rings. The number of anilines is 1. The summed E-state index contributed by atoms with van der Waals surface area (Å²) in [6, 6.07) is 8.54. The molecule has 0 atom stereocenters. The fraction of sp³-hybridized carbons (Fsp3) is 0.154. The lowest BCUT2D eigenvalue weighted by Gasteiger charge is -2.09. The minimum absolute atomic E-state index is 0.261. The van der Waals surface area contributed by atoms with Crippen molar-refractivity contribution in [3.8, 4) is 0 Å². The Balaban J connectivity index is 2.09. The molecular formula is C13H11BrClFN2. The van der Waals surface area contributed by atoms with E-state index in [2.05, 4.69) is 26.2 Å². The number of hydrogen-bond donors (Lipinski definition) is 1. The van der Waals surface area contributed by atoms with Crippen molar-refractivity contribution >= 4 is 33.2 Å². The predicted molar refractivity (Wildman–Crippen MR) is 75.4 cm³/mol. The molecule has 1 heterocycles. The van der Waals surface area contributed by atoms with Gasteiger partial charge in [0, 0.05) is 6.54 Å². The molecule has 2 aromatic rings. The lowest BCUT2D eigenvalue weighted by molar-refractivity contribution is 0.620. The van der Waals surface area contributed by atoms with E-state index in [1.54, 1.807) is 18.2 Å². The van der Waals surface area contributed by atoms with Crippen LogP contribution >= 0.6 is 27.5 Å². The molecule has 0 saturated carbocycles. The molecular weight excluding hydrogens is 319 g/mol. The highest BCUT2D eigenvalue weighted by molar-refractivity contribution is 9.10. The van der Waals surface area contributed by atoms with Crippen LogP contribution in [0.15, 0.2) is 34.8 Å². The Morgan fingerprint density at radius 2 is 2.11 bits per heavy atom. The first-order valence-corrected chi connectivity index (χ1v) is 6.54. The van der Waals surface area contributed by atoms with Gasteiger partial charge in [-0.05, 0) is 52.7 Å². The normalized spacial score (nSPS) is 10.4. The first-order chi connectivity index (χ1) is 8.56. The van der Waals surface area contributed by atoms with E-state index < -0.39 is 0 Å². The second kappa shape index (κ2) is 5.67. The van der Waals surface area contributed by atoms with Crippen LogP contribution < -0.4 is 5.32 Å². The van der Waals surface area contributed by atoms with Crippen LogP contribution in [0.5, 0.6) is 0 Å². The van der Waals surface area contributed by atoms with E-state index in [4.69, 9.17) is 11.6 Å². The first-order valence-electron chi connectivity index (χ1n) is 5.37. The van der Waals surface area contributed by atoms with E-state index in [0.29, 0.717) is 16.2 Å². The van der Waals surface area contributed by atoms with Crippen LogP contribution in [0.2, 0.25) is 5.15 Å². The number of pyridine rings is 1. The Hall–Kier alpha value is -1.13. The van der Waals surface area contributed by atoms with E-state index in [0.717, 1.165) is 16.9 Å². The summed E-state index contributed by atoms with van der Waals surface area (Å²) >= 11 is 8.95. The van der Waals surface area contributed by atoms with Crippen LogP contribution in [-0.2, 0) is 6.54 Å². The lowest BCUT2D eigenvalue weighted by Crippen LogP contribution is -2.02. The minimum atomic E-state index is -0.261. The fourth-order valence-corrected chi connectivity index (χ4v) is 2.18. The van der Waals surface area contributed by atoms with Crippen LogP contribution in [0.1, 0.15) is 11.3 Å². The van der Waals surface area contributed by atoms with Crippen molar-refractivity contribution in [3.05, 3.63) is 57.0 Å². The van der Waals surface area contributed by atoms with Gasteiger partial charge < -0.3 is 5.32 Å². The van der Waals surface area contributed by atoms with Crippen LogP contribution in [0.3, 0.4) is 0 Å². The standard InChI is InChI=1S/C13H11BrClFN2/c1-8-12(4-5-13(15)18-8)17-7-9-2-3-11(16)10(14)6-9/h2-6,17H,7H2,1H3. The molecule has 94 valence electrons. The second-order valence-corrected chi connectivity index (χ2v) is 5.11. The quantitative estimate of drug-likeness (QED) is 0.835. The van der Waals surface area contributed by atoms with Gasteiger partial charge in [-0.25, -0.2) is 9.37 Å². The van der Waals surface area contributed by atoms with Crippen LogP contribution in [0, 0.1) is 12.7 Å². The number of nitrogens with zero attached hydrogens (tertiary/aromatic N) is 1. The van der Waals surface area contributed by atoms with Gasteiger partial charge in [-0.2, -0.15) is 0 Å². The average Bonchev–Trinajstić information content (AvgIpc) is 2.32. The summed E-state index contributed by atoms with van der Waals surface area (Å²) in [5, 5.41) is 3.71. The summed E-state index contributed by atoms with van der Waals surface area (Å²) in [4.78, 5) is 4.15. The van der Waals surface area contributed by atoms with Crippen molar-refractivity contribution in [2.75, 3.05) is 5.32 Å². The molecule has 0 bridgehead atoms. The summed E-state index contributed by atoms with van der Waals surface area (Å²) in [6.07, 6.45) is 0. The molecule has 2 rings (SSSR count). The highest BCUT2D eigenvalue weighted by Crippen LogP contribution is 2.19. The van der Waals surface area contributed by atoms with Gasteiger partial charge in [0.2, 0.25) is 0 Å². The number of hydrogen-bond acceptors (Lipinski definition) is 2. The zero-order valence-electron chi connectivity index (χ0n) is 9.67. The molecule has 1 aromatic heterocycles. The predicted octanol–water partition coefficient (Wildman–Crippen LogP) is 4.56. The first kappa shape index (κ1) is 13.3. The molecule has 1 N–H and O–H groups in total. The third kappa shape index (κ3) is 3.21. The van der Waals surface area contributed by atoms with Crippen molar-refractivity contribution in [2.45, 2.75) is 13.5 Å². The lowest BCUT2D eigenvalue weighted by atomic mass is 10.2. The molecule has 5 heteroatoms. The van der Waals surface area contributed by atoms with Crippen molar-refractivity contribution in [1.29, 1.82) is 0 Å². The van der Waals surface area contributed by atoms with E-state index in [1.165, 1.54) is 6.07 Å². The van der Waals surface area contributed by atoms with Gasteiger partial charge in [0.05, 0.1) is 15.9 Å². The second-order valence-electron chi connectivity index (χ2n) is 3.87. The van der Waals surface area contributed by atoms with Crippen LogP contribution in [-0.4, -0.2) is 4.98 Å². The SMILES string of the molecule is Cc1nc(Cl)ccc1NCc1ccc(F)c(Br)c1. The molecule has 0 unspecified atom stereocenters. The number of nitrogens with one attached hydrogen (secondary N) is 1. The maximum Gasteiger partial charge on any atom is 0.137 e. The number of rotatable bonds is 3. The number of aryl methyl sites for hydroxylation is 1. The number of halogens is 3. The summed E-state index contributed by atoms with van der Waals surface area (Å²) < 4.78 is 13.5. The molecule has 2 nitrogen and oxygen atoms in total. The number of benzene rings is 1. The van der Waals surface area contributed by atoms with E-state index in [-0.39, 0.29) is 5.82 Å². The molecule has 0 aliphatic heterocycles. The third-order valence-corrected chi connectivity index (χ3v) is 3.34. The Bertz CT molecular complexity index is 575. The van der Waals surface area contributed by atoms with Gasteiger partial charge in [0.1, 0.15) is 11.0 Å². The fourth-order valence-electron chi connectivity index (χ4n) is 1.56. The highest BCUT2D eigenvalue weighted by atomic mass is 79.9. The molecule has 0 spiro atoms. The Morgan fingerprint density at radius 3 is 2.78 bits per heavy atom. The third-order valence-electron chi connectivity index (χ3n) is 2.52. The molecule has 0 aliphatic rings. The molecule has 18 heavy (non-hydrogen) atoms. The van der Waals surface area contributed by atoms with Gasteiger partial charge in [0.15, 0.2) is 0 Å². The monoisotopic (exact) mass is 328 g/mol. The van der Waals surface area contributed by atoms with Crippen molar-refractivity contribution in [3.63, 3.8) is 0 Å². The zero-order valence-corrected chi connectivity index (χ0v) is 12.0. The largest absolute Gasteiger partial charge is 0.379 e. The zero-order chi connectivity index (χ0) is 13.1. The van der Waals surface area contributed by atoms with Gasteiger partial charge >= 0.3 is 0 Å².